The minimum atomic E-state index is -4.75. The molecule has 0 atom stereocenters. The Kier molecular flexibility index (Phi) is 5.21. The van der Waals surface area contributed by atoms with Crippen molar-refractivity contribution in [3.8, 4) is 28.7 Å². The Morgan fingerprint density at radius 3 is 2.40 bits per heavy atom. The van der Waals surface area contributed by atoms with Gasteiger partial charge in [0, 0.05) is 23.3 Å². The maximum absolute atomic E-state index is 12.3. The second-order valence-corrected chi connectivity index (χ2v) is 6.86. The average Bonchev–Trinajstić information content (AvgIpc) is 3.30. The monoisotopic (exact) mass is 434 g/mol. The molecule has 4 aromatic rings. The van der Waals surface area contributed by atoms with Gasteiger partial charge in [0.2, 0.25) is 5.82 Å². The van der Waals surface area contributed by atoms with Crippen LogP contribution in [0.5, 0.6) is 5.75 Å². The summed E-state index contributed by atoms with van der Waals surface area (Å²) in [6.07, 6.45) is -2.95. The number of nitrogens with zero attached hydrogens (tertiary/aromatic N) is 4. The number of benzene rings is 2. The first-order valence-corrected chi connectivity index (χ1v) is 9.13. The molecule has 0 aliphatic rings. The molecule has 10 heteroatoms. The van der Waals surface area contributed by atoms with Crippen molar-refractivity contribution >= 4 is 11.6 Å². The number of hydrogen-bond acceptors (Lipinski definition) is 5. The van der Waals surface area contributed by atoms with Gasteiger partial charge in [0.1, 0.15) is 17.3 Å². The molecule has 0 aliphatic heterocycles. The molecular formula is C20H14ClF3N4O2. The lowest BCUT2D eigenvalue weighted by Crippen LogP contribution is -2.16. The number of ether oxygens (including phenoxy) is 1. The van der Waals surface area contributed by atoms with Crippen LogP contribution in [0, 0.1) is 6.92 Å². The van der Waals surface area contributed by atoms with E-state index >= 15 is 0 Å². The molecule has 0 saturated heterocycles. The number of imidazole rings is 1. The number of aryl methyl sites for hydroxylation is 1. The van der Waals surface area contributed by atoms with E-state index in [-0.39, 0.29) is 17.5 Å². The van der Waals surface area contributed by atoms with Crippen LogP contribution >= 0.6 is 11.6 Å². The van der Waals surface area contributed by atoms with Gasteiger partial charge in [0.15, 0.2) is 0 Å². The van der Waals surface area contributed by atoms with Crippen molar-refractivity contribution in [2.75, 3.05) is 0 Å². The van der Waals surface area contributed by atoms with Crippen molar-refractivity contribution in [1.82, 2.24) is 19.7 Å². The summed E-state index contributed by atoms with van der Waals surface area (Å²) in [6, 6.07) is 12.7. The average molecular weight is 435 g/mol. The van der Waals surface area contributed by atoms with E-state index in [0.29, 0.717) is 22.8 Å². The topological polar surface area (TPSA) is 66.0 Å². The van der Waals surface area contributed by atoms with E-state index in [4.69, 9.17) is 16.1 Å². The minimum absolute atomic E-state index is 0.207. The summed E-state index contributed by atoms with van der Waals surface area (Å²) >= 11 is 5.92. The molecule has 4 rings (SSSR count). The van der Waals surface area contributed by atoms with Gasteiger partial charge in [-0.3, -0.25) is 0 Å². The normalized spacial score (nSPS) is 11.6. The Morgan fingerprint density at radius 2 is 1.73 bits per heavy atom. The van der Waals surface area contributed by atoms with Gasteiger partial charge >= 0.3 is 6.36 Å². The summed E-state index contributed by atoms with van der Waals surface area (Å²) in [5.74, 6) is 0.868. The molecule has 0 spiro atoms. The summed E-state index contributed by atoms with van der Waals surface area (Å²) in [5.41, 5.74) is 2.04. The van der Waals surface area contributed by atoms with Crippen LogP contribution in [0.1, 0.15) is 11.4 Å². The Bertz CT molecular complexity index is 1150. The molecule has 0 fully saturated rings. The van der Waals surface area contributed by atoms with E-state index in [1.807, 2.05) is 35.8 Å². The highest BCUT2D eigenvalue weighted by atomic mass is 35.5. The fourth-order valence-corrected chi connectivity index (χ4v) is 2.93. The van der Waals surface area contributed by atoms with Crippen LogP contribution in [0.15, 0.2) is 59.3 Å². The predicted molar refractivity (Wildman–Crippen MR) is 103 cm³/mol. The Balaban J connectivity index is 1.52. The van der Waals surface area contributed by atoms with Crippen LogP contribution in [0.3, 0.4) is 0 Å². The zero-order valence-electron chi connectivity index (χ0n) is 15.5. The molecule has 0 amide bonds. The molecule has 0 N–H and O–H groups in total. The summed E-state index contributed by atoms with van der Waals surface area (Å²) in [6.45, 7) is 2.45. The third-order valence-corrected chi connectivity index (χ3v) is 4.49. The first-order chi connectivity index (χ1) is 14.3. The predicted octanol–water partition coefficient (Wildman–Crippen LogP) is 5.51. The van der Waals surface area contributed by atoms with E-state index in [1.165, 1.54) is 24.3 Å². The van der Waals surface area contributed by atoms with Crippen LogP contribution in [0.4, 0.5) is 13.2 Å². The van der Waals surface area contributed by atoms with Gasteiger partial charge in [0.05, 0.1) is 0 Å². The number of aromatic nitrogens is 4. The summed E-state index contributed by atoms with van der Waals surface area (Å²) in [7, 11) is 0. The number of rotatable bonds is 5. The quantitative estimate of drug-likeness (QED) is 0.414. The SMILES string of the molecule is Cc1nc(-c2nc(-c3ccc(OC(F)(F)F)cc3)no2)cn1Cc1ccc(Cl)cc1. The number of alkyl halides is 3. The van der Waals surface area contributed by atoms with E-state index in [9.17, 15) is 13.2 Å². The van der Waals surface area contributed by atoms with Crippen LogP contribution in [-0.4, -0.2) is 26.1 Å². The Morgan fingerprint density at radius 1 is 1.03 bits per heavy atom. The molecule has 0 radical (unpaired) electrons. The van der Waals surface area contributed by atoms with Crippen molar-refractivity contribution in [2.24, 2.45) is 0 Å². The van der Waals surface area contributed by atoms with Crippen LogP contribution in [-0.2, 0) is 6.54 Å². The summed E-state index contributed by atoms with van der Waals surface area (Å²) < 4.78 is 47.9. The van der Waals surface area contributed by atoms with Crippen molar-refractivity contribution in [3.05, 3.63) is 71.1 Å². The lowest BCUT2D eigenvalue weighted by Gasteiger charge is -2.08. The fourth-order valence-electron chi connectivity index (χ4n) is 2.81. The molecule has 0 saturated carbocycles. The van der Waals surface area contributed by atoms with E-state index in [1.54, 1.807) is 6.20 Å². The fraction of sp³-hybridized carbons (Fsp3) is 0.150. The van der Waals surface area contributed by atoms with E-state index in [0.717, 1.165) is 11.4 Å². The molecular weight excluding hydrogens is 421 g/mol. The lowest BCUT2D eigenvalue weighted by atomic mass is 10.2. The van der Waals surface area contributed by atoms with Crippen LogP contribution in [0.2, 0.25) is 5.02 Å². The zero-order chi connectivity index (χ0) is 21.3. The van der Waals surface area contributed by atoms with Crippen LogP contribution in [0.25, 0.3) is 23.0 Å². The molecule has 0 bridgehead atoms. The lowest BCUT2D eigenvalue weighted by molar-refractivity contribution is -0.274. The Hall–Kier alpha value is -3.33. The van der Waals surface area contributed by atoms with Crippen molar-refractivity contribution in [1.29, 1.82) is 0 Å². The van der Waals surface area contributed by atoms with Crippen molar-refractivity contribution < 1.29 is 22.4 Å². The third-order valence-electron chi connectivity index (χ3n) is 4.23. The van der Waals surface area contributed by atoms with E-state index < -0.39 is 6.36 Å². The van der Waals surface area contributed by atoms with Gasteiger partial charge < -0.3 is 13.8 Å². The molecule has 0 aliphatic carbocycles. The zero-order valence-corrected chi connectivity index (χ0v) is 16.3. The second-order valence-electron chi connectivity index (χ2n) is 6.42. The van der Waals surface area contributed by atoms with Crippen molar-refractivity contribution in [3.63, 3.8) is 0 Å². The van der Waals surface area contributed by atoms with Crippen molar-refractivity contribution in [2.45, 2.75) is 19.8 Å². The van der Waals surface area contributed by atoms with Gasteiger partial charge in [0.25, 0.3) is 5.89 Å². The molecule has 0 unspecified atom stereocenters. The van der Waals surface area contributed by atoms with Gasteiger partial charge in [-0.05, 0) is 48.9 Å². The highest BCUT2D eigenvalue weighted by molar-refractivity contribution is 6.30. The smallest absolute Gasteiger partial charge is 0.406 e. The van der Waals surface area contributed by atoms with Crippen LogP contribution < -0.4 is 4.74 Å². The second kappa shape index (κ2) is 7.83. The molecule has 154 valence electrons. The maximum atomic E-state index is 12.3. The molecule has 2 aromatic carbocycles. The third kappa shape index (κ3) is 4.62. The minimum Gasteiger partial charge on any atom is -0.406 e. The summed E-state index contributed by atoms with van der Waals surface area (Å²) in [4.78, 5) is 8.75. The highest BCUT2D eigenvalue weighted by Gasteiger charge is 2.31. The molecule has 30 heavy (non-hydrogen) atoms. The first kappa shape index (κ1) is 20.0. The molecule has 2 aromatic heterocycles. The highest BCUT2D eigenvalue weighted by Crippen LogP contribution is 2.27. The van der Waals surface area contributed by atoms with Gasteiger partial charge in [-0.1, -0.05) is 28.9 Å². The first-order valence-electron chi connectivity index (χ1n) is 8.75. The van der Waals surface area contributed by atoms with Gasteiger partial charge in [-0.2, -0.15) is 4.98 Å². The number of halogens is 4. The largest absolute Gasteiger partial charge is 0.573 e. The van der Waals surface area contributed by atoms with E-state index in [2.05, 4.69) is 19.9 Å². The summed E-state index contributed by atoms with van der Waals surface area (Å²) in [5, 5.41) is 4.55. The van der Waals surface area contributed by atoms with Gasteiger partial charge in [-0.15, -0.1) is 13.2 Å². The molecule has 6 nitrogen and oxygen atoms in total. The Labute approximate surface area is 173 Å². The van der Waals surface area contributed by atoms with Gasteiger partial charge in [-0.25, -0.2) is 4.98 Å². The number of hydrogen-bond donors (Lipinski definition) is 0. The maximum Gasteiger partial charge on any atom is 0.573 e. The standard InChI is InChI=1S/C20H14ClF3N4O2/c1-12-25-17(11-28(12)10-13-2-6-15(21)7-3-13)19-26-18(27-30-19)14-4-8-16(9-5-14)29-20(22,23)24/h2-9,11H,10H2,1H3. The molecule has 2 heterocycles.